The number of carboxylic acid groups (broad SMARTS) is 1. The van der Waals surface area contributed by atoms with Gasteiger partial charge in [-0.05, 0) is 53.1 Å². The van der Waals surface area contributed by atoms with Crippen molar-refractivity contribution >= 4 is 33.6 Å². The van der Waals surface area contributed by atoms with E-state index in [2.05, 4.69) is 6.92 Å². The summed E-state index contributed by atoms with van der Waals surface area (Å²) >= 11 is 1.72. The summed E-state index contributed by atoms with van der Waals surface area (Å²) < 4.78 is 24.9. The predicted molar refractivity (Wildman–Crippen MR) is 101 cm³/mol. The zero-order chi connectivity index (χ0) is 18.0. The van der Waals surface area contributed by atoms with Gasteiger partial charge in [0.2, 0.25) is 0 Å². The molecule has 0 fully saturated rings. The summed E-state index contributed by atoms with van der Waals surface area (Å²) in [7, 11) is -3.48. The van der Waals surface area contributed by atoms with E-state index in [1.54, 1.807) is 30.0 Å². The molecule has 0 aromatic heterocycles. The molecule has 3 rings (SSSR count). The lowest BCUT2D eigenvalue weighted by Gasteiger charge is -2.11. The van der Waals surface area contributed by atoms with Crippen LogP contribution >= 0.6 is 11.8 Å². The molecule has 1 heterocycles. The Labute approximate surface area is 151 Å². The summed E-state index contributed by atoms with van der Waals surface area (Å²) in [5.41, 5.74) is 2.47. The number of hydrogen-bond donors (Lipinski definition) is 1. The summed E-state index contributed by atoms with van der Waals surface area (Å²) in [5.74, 6) is -0.325. The van der Waals surface area contributed by atoms with Crippen LogP contribution in [0.25, 0.3) is 17.2 Å². The fourth-order valence-corrected chi connectivity index (χ4v) is 5.17. The van der Waals surface area contributed by atoms with Crippen LogP contribution in [0.3, 0.4) is 0 Å². The maximum atomic E-state index is 12.4. The lowest BCUT2D eigenvalue weighted by Crippen LogP contribution is -2.08. The summed E-state index contributed by atoms with van der Waals surface area (Å²) in [6.07, 6.45) is 1.51. The quantitative estimate of drug-likeness (QED) is 0.816. The highest BCUT2D eigenvalue weighted by Crippen LogP contribution is 2.35. The molecule has 0 aliphatic carbocycles. The standard InChI is InChI=1S/C19H18O4S2/c1-2-24-17-6-4-3-5-16(17)13-7-8-18-15(11-13)12-14(19(20)21)9-10-25(18,22)23/h3-8,11-12H,2,9-10H2,1H3,(H,20,21). The molecule has 0 amide bonds. The smallest absolute Gasteiger partial charge is 0.331 e. The van der Waals surface area contributed by atoms with Crippen molar-refractivity contribution < 1.29 is 18.3 Å². The number of fused-ring (bicyclic) bond motifs is 1. The first-order valence-corrected chi connectivity index (χ1v) is 10.6. The maximum absolute atomic E-state index is 12.4. The first kappa shape index (κ1) is 17.8. The van der Waals surface area contributed by atoms with E-state index < -0.39 is 15.8 Å². The highest BCUT2D eigenvalue weighted by Gasteiger charge is 2.25. The van der Waals surface area contributed by atoms with Gasteiger partial charge in [0.15, 0.2) is 9.84 Å². The molecule has 6 heteroatoms. The van der Waals surface area contributed by atoms with Gasteiger partial charge in [-0.25, -0.2) is 13.2 Å². The van der Waals surface area contributed by atoms with Crippen molar-refractivity contribution in [2.24, 2.45) is 0 Å². The number of sulfone groups is 1. The summed E-state index contributed by atoms with van der Waals surface area (Å²) in [4.78, 5) is 12.7. The molecule has 2 aromatic carbocycles. The van der Waals surface area contributed by atoms with Crippen molar-refractivity contribution in [1.82, 2.24) is 0 Å². The molecule has 4 nitrogen and oxygen atoms in total. The van der Waals surface area contributed by atoms with E-state index in [0.717, 1.165) is 21.8 Å². The predicted octanol–water partition coefficient (Wildman–Crippen LogP) is 4.11. The molecule has 0 bridgehead atoms. The maximum Gasteiger partial charge on any atom is 0.331 e. The van der Waals surface area contributed by atoms with Crippen molar-refractivity contribution in [2.75, 3.05) is 11.5 Å². The van der Waals surface area contributed by atoms with Crippen molar-refractivity contribution in [3.05, 3.63) is 53.6 Å². The number of benzene rings is 2. The first-order valence-electron chi connectivity index (χ1n) is 7.95. The molecule has 0 saturated heterocycles. The zero-order valence-electron chi connectivity index (χ0n) is 13.7. The van der Waals surface area contributed by atoms with E-state index in [1.165, 1.54) is 6.08 Å². The fraction of sp³-hybridized carbons (Fsp3) is 0.211. The Morgan fingerprint density at radius 1 is 1.20 bits per heavy atom. The fourth-order valence-electron chi connectivity index (χ4n) is 2.88. The second-order valence-corrected chi connectivity index (χ2v) is 9.11. The molecule has 1 N–H and O–H groups in total. The number of hydrogen-bond acceptors (Lipinski definition) is 4. The SMILES string of the molecule is CCSc1ccccc1-c1ccc2c(c1)C=C(C(=O)O)CCS2(=O)=O. The van der Waals surface area contributed by atoms with Crippen LogP contribution in [0.1, 0.15) is 18.9 Å². The van der Waals surface area contributed by atoms with Crippen LogP contribution in [-0.4, -0.2) is 31.0 Å². The minimum atomic E-state index is -3.48. The van der Waals surface area contributed by atoms with Gasteiger partial charge in [-0.1, -0.05) is 31.2 Å². The average Bonchev–Trinajstić information content (AvgIpc) is 2.71. The van der Waals surface area contributed by atoms with Crippen LogP contribution in [0, 0.1) is 0 Å². The molecule has 2 aromatic rings. The minimum absolute atomic E-state index is 0.0178. The number of thioether (sulfide) groups is 1. The second kappa shape index (κ2) is 7.06. The van der Waals surface area contributed by atoms with E-state index in [-0.39, 0.29) is 22.6 Å². The van der Waals surface area contributed by atoms with Crippen LogP contribution < -0.4 is 0 Å². The molecule has 25 heavy (non-hydrogen) atoms. The third-order valence-electron chi connectivity index (χ3n) is 4.09. The van der Waals surface area contributed by atoms with Gasteiger partial charge in [-0.2, -0.15) is 0 Å². The van der Waals surface area contributed by atoms with Gasteiger partial charge in [0, 0.05) is 10.5 Å². The van der Waals surface area contributed by atoms with Gasteiger partial charge in [0.25, 0.3) is 0 Å². The van der Waals surface area contributed by atoms with Gasteiger partial charge < -0.3 is 5.11 Å². The van der Waals surface area contributed by atoms with Gasteiger partial charge in [-0.15, -0.1) is 11.8 Å². The monoisotopic (exact) mass is 374 g/mol. The van der Waals surface area contributed by atoms with E-state index in [1.807, 2.05) is 24.3 Å². The van der Waals surface area contributed by atoms with Crippen LogP contribution in [0.4, 0.5) is 0 Å². The number of rotatable bonds is 4. The summed E-state index contributed by atoms with van der Waals surface area (Å²) in [6.45, 7) is 2.08. The van der Waals surface area contributed by atoms with E-state index in [9.17, 15) is 18.3 Å². The van der Waals surface area contributed by atoms with Crippen molar-refractivity contribution in [1.29, 1.82) is 0 Å². The molecule has 0 spiro atoms. The molecular weight excluding hydrogens is 356 g/mol. The molecule has 1 aliphatic rings. The van der Waals surface area contributed by atoms with Crippen LogP contribution in [0.15, 0.2) is 57.8 Å². The normalized spacial score (nSPS) is 15.8. The average molecular weight is 374 g/mol. The Balaban J connectivity index is 2.18. The highest BCUT2D eigenvalue weighted by atomic mass is 32.2. The molecular formula is C19H18O4S2. The van der Waals surface area contributed by atoms with Crippen molar-refractivity contribution in [3.8, 4) is 11.1 Å². The topological polar surface area (TPSA) is 71.4 Å². The molecule has 0 unspecified atom stereocenters. The van der Waals surface area contributed by atoms with Gasteiger partial charge in [0.1, 0.15) is 0 Å². The van der Waals surface area contributed by atoms with Gasteiger partial charge in [-0.3, -0.25) is 0 Å². The van der Waals surface area contributed by atoms with E-state index >= 15 is 0 Å². The van der Waals surface area contributed by atoms with Crippen LogP contribution in [0.2, 0.25) is 0 Å². The van der Waals surface area contributed by atoms with Crippen molar-refractivity contribution in [3.63, 3.8) is 0 Å². The third kappa shape index (κ3) is 3.65. The number of aliphatic carboxylic acids is 1. The van der Waals surface area contributed by atoms with Gasteiger partial charge in [0.05, 0.1) is 10.6 Å². The third-order valence-corrected chi connectivity index (χ3v) is 6.83. The van der Waals surface area contributed by atoms with Crippen LogP contribution in [0.5, 0.6) is 0 Å². The lowest BCUT2D eigenvalue weighted by molar-refractivity contribution is -0.132. The van der Waals surface area contributed by atoms with Crippen molar-refractivity contribution in [2.45, 2.75) is 23.1 Å². The molecule has 0 saturated carbocycles. The molecule has 1 aliphatic heterocycles. The Hall–Kier alpha value is -2.05. The number of carboxylic acids is 1. The highest BCUT2D eigenvalue weighted by molar-refractivity contribution is 7.99. The van der Waals surface area contributed by atoms with E-state index in [0.29, 0.717) is 5.56 Å². The van der Waals surface area contributed by atoms with Gasteiger partial charge >= 0.3 is 5.97 Å². The Kier molecular flexibility index (Phi) is 5.01. The van der Waals surface area contributed by atoms with E-state index in [4.69, 9.17) is 0 Å². The first-order chi connectivity index (χ1) is 11.9. The zero-order valence-corrected chi connectivity index (χ0v) is 15.4. The molecule has 0 atom stereocenters. The molecule has 0 radical (unpaired) electrons. The minimum Gasteiger partial charge on any atom is -0.478 e. The summed E-state index contributed by atoms with van der Waals surface area (Å²) in [6, 6.07) is 13.1. The lowest BCUT2D eigenvalue weighted by atomic mass is 10.0. The Morgan fingerprint density at radius 3 is 2.68 bits per heavy atom. The van der Waals surface area contributed by atoms with Crippen LogP contribution in [-0.2, 0) is 14.6 Å². The Bertz CT molecular complexity index is 959. The largest absolute Gasteiger partial charge is 0.478 e. The summed E-state index contributed by atoms with van der Waals surface area (Å²) in [5, 5.41) is 9.29. The number of carbonyl (C=O) groups is 1. The Morgan fingerprint density at radius 2 is 1.96 bits per heavy atom. The molecule has 130 valence electrons. The second-order valence-electron chi connectivity index (χ2n) is 5.73.